The van der Waals surface area contributed by atoms with Crippen molar-refractivity contribution in [1.29, 1.82) is 0 Å². The number of hydrogen-bond acceptors (Lipinski definition) is 2. The van der Waals surface area contributed by atoms with Crippen LogP contribution in [-0.4, -0.2) is 17.8 Å². The summed E-state index contributed by atoms with van der Waals surface area (Å²) in [6.45, 7) is 2.39. The Morgan fingerprint density at radius 2 is 2.20 bits per heavy atom. The van der Waals surface area contributed by atoms with Crippen LogP contribution in [-0.2, 0) is 11.3 Å². The Morgan fingerprint density at radius 3 is 2.87 bits per heavy atom. The van der Waals surface area contributed by atoms with E-state index >= 15 is 0 Å². The molecule has 0 aromatic heterocycles. The summed E-state index contributed by atoms with van der Waals surface area (Å²) >= 11 is 0. The Kier molecular flexibility index (Phi) is 4.39. The molecule has 1 unspecified atom stereocenters. The highest BCUT2D eigenvalue weighted by molar-refractivity contribution is 5.13. The highest BCUT2D eigenvalue weighted by Crippen LogP contribution is 2.00. The maximum Gasteiger partial charge on any atom is 0.0717 e. The molecule has 82 valence electrons. The topological polar surface area (TPSA) is 29.5 Å². The van der Waals surface area contributed by atoms with E-state index in [4.69, 9.17) is 12.6 Å². The van der Waals surface area contributed by atoms with Crippen molar-refractivity contribution in [2.45, 2.75) is 26.1 Å². The lowest BCUT2D eigenvalue weighted by Gasteiger charge is -2.02. The molecule has 1 aromatic rings. The molecule has 0 radical (unpaired) electrons. The fraction of sp³-hybridized carbons (Fsp3) is 0.385. The zero-order valence-corrected chi connectivity index (χ0v) is 8.94. The van der Waals surface area contributed by atoms with Gasteiger partial charge in [-0.05, 0) is 18.9 Å². The second-order valence-electron chi connectivity index (χ2n) is 3.29. The molecule has 2 heteroatoms. The van der Waals surface area contributed by atoms with Crippen molar-refractivity contribution in [2.75, 3.05) is 6.61 Å². The van der Waals surface area contributed by atoms with Gasteiger partial charge in [-0.25, -0.2) is 0 Å². The fourth-order valence-corrected chi connectivity index (χ4v) is 1.11. The van der Waals surface area contributed by atoms with Gasteiger partial charge in [0.15, 0.2) is 0 Å². The normalized spacial score (nSPS) is 16.4. The summed E-state index contributed by atoms with van der Waals surface area (Å²) in [5, 5.41) is 9.12. The Hall–Kier alpha value is -1.12. The van der Waals surface area contributed by atoms with Gasteiger partial charge in [-0.15, -0.1) is 0 Å². The molecule has 2 nitrogen and oxygen atoms in total. The third-order valence-electron chi connectivity index (χ3n) is 1.79. The van der Waals surface area contributed by atoms with Gasteiger partial charge in [0.2, 0.25) is 0 Å². The van der Waals surface area contributed by atoms with Crippen molar-refractivity contribution < 1.29 is 12.6 Å². The maximum atomic E-state index is 9.12. The second kappa shape index (κ2) is 7.21. The molecule has 0 saturated carbocycles. The second-order valence-corrected chi connectivity index (χ2v) is 3.29. The summed E-state index contributed by atoms with van der Waals surface area (Å²) < 4.78 is 20.4. The van der Waals surface area contributed by atoms with Crippen LogP contribution in [0.2, 0.25) is 0 Å². The van der Waals surface area contributed by atoms with E-state index in [1.165, 1.54) is 6.92 Å². The zero-order chi connectivity index (χ0) is 12.7. The van der Waals surface area contributed by atoms with E-state index < -0.39 is 6.10 Å². The number of rotatable bonds is 6. The smallest absolute Gasteiger partial charge is 0.0717 e. The summed E-state index contributed by atoms with van der Waals surface area (Å²) in [5.74, 6) is 0. The van der Waals surface area contributed by atoms with Crippen molar-refractivity contribution in [3.05, 3.63) is 48.0 Å². The van der Waals surface area contributed by atoms with Crippen LogP contribution in [0.4, 0.5) is 0 Å². The third-order valence-corrected chi connectivity index (χ3v) is 1.79. The molecule has 1 rings (SSSR count). The van der Waals surface area contributed by atoms with E-state index in [9.17, 15) is 0 Å². The molecule has 0 bridgehead atoms. The summed E-state index contributed by atoms with van der Waals surface area (Å²) in [6.07, 6.45) is -0.520. The zero-order valence-electron chi connectivity index (χ0n) is 10.9. The highest BCUT2D eigenvalue weighted by Gasteiger charge is 1.90. The number of ether oxygens (including phenoxy) is 1. The summed E-state index contributed by atoms with van der Waals surface area (Å²) in [5.41, 5.74) is 1.09. The Bertz CT molecular complexity index is 361. The van der Waals surface area contributed by atoms with E-state index in [1.807, 2.05) is 30.3 Å². The predicted molar refractivity (Wildman–Crippen MR) is 61.5 cm³/mol. The molecule has 15 heavy (non-hydrogen) atoms. The van der Waals surface area contributed by atoms with Gasteiger partial charge in [0.05, 0.1) is 22.1 Å². The Morgan fingerprint density at radius 1 is 1.47 bits per heavy atom. The average Bonchev–Trinajstić information content (AvgIpc) is 2.34. The summed E-state index contributed by atoms with van der Waals surface area (Å²) in [6, 6.07) is 9.89. The minimum atomic E-state index is -0.878. The van der Waals surface area contributed by atoms with Crippen molar-refractivity contribution in [2.24, 2.45) is 0 Å². The first-order valence-electron chi connectivity index (χ1n) is 6.07. The average molecular weight is 208 g/mol. The van der Waals surface area contributed by atoms with Crippen LogP contribution in [0, 0.1) is 0 Å². The first kappa shape index (κ1) is 9.13. The van der Waals surface area contributed by atoms with Crippen molar-refractivity contribution in [1.82, 2.24) is 0 Å². The monoisotopic (exact) mass is 208 g/mol. The molecule has 1 atom stereocenters. The van der Waals surface area contributed by atoms with E-state index in [0.29, 0.717) is 19.6 Å². The Balaban J connectivity index is 2.27. The van der Waals surface area contributed by atoms with Crippen molar-refractivity contribution in [3.8, 4) is 0 Å². The number of aliphatic hydroxyl groups excluding tert-OH is 1. The van der Waals surface area contributed by atoms with Crippen LogP contribution >= 0.6 is 0 Å². The quantitative estimate of drug-likeness (QED) is 0.575. The van der Waals surface area contributed by atoms with E-state index in [-0.39, 0.29) is 12.1 Å². The molecule has 0 saturated heterocycles. The van der Waals surface area contributed by atoms with Gasteiger partial charge in [-0.3, -0.25) is 0 Å². The molecule has 0 aliphatic heterocycles. The third kappa shape index (κ3) is 6.05. The lowest BCUT2D eigenvalue weighted by Crippen LogP contribution is -1.95. The standard InChI is InChI=1S/C13H18O2/c1-12(14)7-5-6-10-15-11-13-8-3-2-4-9-13/h2-5,7-9,12,14H,6,10-11H2,1H3/b7-5+/i5D,7D. The predicted octanol–water partition coefficient (Wildman–Crippen LogP) is 2.53. The number of aliphatic hydroxyl groups is 1. The van der Waals surface area contributed by atoms with Crippen molar-refractivity contribution >= 4 is 0 Å². The molecule has 1 N–H and O–H groups in total. The number of hydrogen-bond donors (Lipinski definition) is 1. The van der Waals surface area contributed by atoms with Gasteiger partial charge in [0, 0.05) is 0 Å². The molecular formula is C13H18O2. The minimum Gasteiger partial charge on any atom is -0.389 e. The first-order valence-corrected chi connectivity index (χ1v) is 5.07. The molecule has 1 aromatic carbocycles. The van der Waals surface area contributed by atoms with Crippen LogP contribution in [0.15, 0.2) is 42.4 Å². The number of benzene rings is 1. The van der Waals surface area contributed by atoms with E-state index in [0.717, 1.165) is 5.56 Å². The molecule has 0 aliphatic carbocycles. The Labute approximate surface area is 94.0 Å². The maximum absolute atomic E-state index is 9.12. The molecule has 0 heterocycles. The first-order chi connectivity index (χ1) is 8.11. The molecule has 0 amide bonds. The van der Waals surface area contributed by atoms with Gasteiger partial charge in [-0.2, -0.15) is 0 Å². The molecule has 0 spiro atoms. The molecule has 0 fully saturated rings. The van der Waals surface area contributed by atoms with E-state index in [2.05, 4.69) is 0 Å². The molecular weight excluding hydrogens is 188 g/mol. The van der Waals surface area contributed by atoms with Gasteiger partial charge in [0.1, 0.15) is 0 Å². The van der Waals surface area contributed by atoms with Crippen LogP contribution in [0.1, 0.15) is 21.6 Å². The highest BCUT2D eigenvalue weighted by atomic mass is 16.5. The lowest BCUT2D eigenvalue weighted by molar-refractivity contribution is 0.125. The molecule has 0 aliphatic rings. The fourth-order valence-electron chi connectivity index (χ4n) is 1.11. The van der Waals surface area contributed by atoms with Gasteiger partial charge in [0.25, 0.3) is 0 Å². The lowest BCUT2D eigenvalue weighted by atomic mass is 10.2. The summed E-state index contributed by atoms with van der Waals surface area (Å²) in [4.78, 5) is 0. The SMILES string of the molecule is [2H]/C(CCOCc1ccccc1)=C(/[2H])C(C)O. The van der Waals surface area contributed by atoms with Crippen LogP contribution in [0.3, 0.4) is 0 Å². The van der Waals surface area contributed by atoms with Gasteiger partial charge in [-0.1, -0.05) is 42.4 Å². The summed E-state index contributed by atoms with van der Waals surface area (Å²) in [7, 11) is 0. The van der Waals surface area contributed by atoms with Gasteiger partial charge < -0.3 is 9.84 Å². The van der Waals surface area contributed by atoms with Gasteiger partial charge >= 0.3 is 0 Å². The van der Waals surface area contributed by atoms with Crippen molar-refractivity contribution in [3.63, 3.8) is 0 Å². The van der Waals surface area contributed by atoms with Crippen LogP contribution in [0.5, 0.6) is 0 Å². The van der Waals surface area contributed by atoms with Crippen LogP contribution in [0.25, 0.3) is 0 Å². The van der Waals surface area contributed by atoms with E-state index in [1.54, 1.807) is 0 Å². The largest absolute Gasteiger partial charge is 0.389 e. The van der Waals surface area contributed by atoms with Crippen LogP contribution < -0.4 is 0 Å². The minimum absolute atomic E-state index is 0.0340.